The van der Waals surface area contributed by atoms with Gasteiger partial charge in [-0.1, -0.05) is 12.1 Å². The van der Waals surface area contributed by atoms with Gasteiger partial charge in [0.2, 0.25) is 0 Å². The topological polar surface area (TPSA) is 172 Å². The third kappa shape index (κ3) is 6.36. The Labute approximate surface area is 171 Å². The molecular formula is C19H16N2O8S. The van der Waals surface area contributed by atoms with Crippen molar-refractivity contribution < 1.29 is 37.9 Å². The van der Waals surface area contributed by atoms with Crippen LogP contribution in [-0.4, -0.2) is 34.1 Å². The van der Waals surface area contributed by atoms with E-state index in [-0.39, 0.29) is 10.6 Å². The summed E-state index contributed by atoms with van der Waals surface area (Å²) < 4.78 is 31.5. The normalized spacial score (nSPS) is 10.6. The van der Waals surface area contributed by atoms with Crippen molar-refractivity contribution in [1.29, 1.82) is 0 Å². The molecule has 0 spiro atoms. The smallest absolute Gasteiger partial charge is 0.339 e. The van der Waals surface area contributed by atoms with Crippen molar-refractivity contribution in [2.45, 2.75) is 11.3 Å². The van der Waals surface area contributed by atoms with Crippen LogP contribution in [0, 0.1) is 10.1 Å². The Morgan fingerprint density at radius 2 is 1.57 bits per heavy atom. The monoisotopic (exact) mass is 432 g/mol. The number of aromatic carboxylic acids is 1. The summed E-state index contributed by atoms with van der Waals surface area (Å²) in [6.07, 6.45) is 4.51. The maximum Gasteiger partial charge on any atom is 0.339 e. The number of phenols is 1. The van der Waals surface area contributed by atoms with E-state index in [4.69, 9.17) is 10.2 Å². The van der Waals surface area contributed by atoms with E-state index in [0.29, 0.717) is 6.07 Å². The first-order chi connectivity index (χ1) is 14.1. The molecule has 0 amide bonds. The lowest BCUT2D eigenvalue weighted by atomic mass is 10.1. The first-order valence-corrected chi connectivity index (χ1v) is 9.69. The molecule has 0 radical (unpaired) electrons. The van der Waals surface area contributed by atoms with Gasteiger partial charge in [0.1, 0.15) is 21.4 Å². The summed E-state index contributed by atoms with van der Waals surface area (Å²) in [6, 6.07) is 12.9. The Balaban J connectivity index is 0.000000216. The van der Waals surface area contributed by atoms with Crippen LogP contribution in [0.1, 0.15) is 21.5 Å². The number of pyridine rings is 1. The zero-order chi connectivity index (χ0) is 22.3. The van der Waals surface area contributed by atoms with Crippen LogP contribution < -0.4 is 4.98 Å². The van der Waals surface area contributed by atoms with Gasteiger partial charge in [-0.25, -0.2) is 18.2 Å². The van der Waals surface area contributed by atoms with Crippen molar-refractivity contribution in [3.8, 4) is 5.75 Å². The van der Waals surface area contributed by atoms with Gasteiger partial charge in [-0.05, 0) is 35.7 Å². The van der Waals surface area contributed by atoms with Crippen molar-refractivity contribution in [3.63, 3.8) is 0 Å². The number of benzene rings is 2. The molecule has 11 heteroatoms. The van der Waals surface area contributed by atoms with Gasteiger partial charge in [0.25, 0.3) is 5.69 Å². The highest BCUT2D eigenvalue weighted by Gasteiger charge is 2.12. The second-order valence-electron chi connectivity index (χ2n) is 5.95. The number of nitrogens with one attached hydrogen (secondary N) is 1. The summed E-state index contributed by atoms with van der Waals surface area (Å²) >= 11 is 0. The molecule has 0 aliphatic carbocycles. The molecule has 0 fully saturated rings. The molecule has 156 valence electrons. The van der Waals surface area contributed by atoms with Gasteiger partial charge in [0.15, 0.2) is 12.4 Å². The van der Waals surface area contributed by atoms with Crippen molar-refractivity contribution in [2.75, 3.05) is 0 Å². The Morgan fingerprint density at radius 3 is 2.07 bits per heavy atom. The van der Waals surface area contributed by atoms with Crippen LogP contribution in [0.5, 0.6) is 5.75 Å². The number of aromatic nitrogens is 1. The molecule has 0 saturated carbocycles. The van der Waals surface area contributed by atoms with Gasteiger partial charge in [-0.2, -0.15) is 0 Å². The zero-order valence-electron chi connectivity index (χ0n) is 15.3. The Morgan fingerprint density at radius 1 is 1.00 bits per heavy atom. The second-order valence-corrected chi connectivity index (χ2v) is 7.33. The number of nitro benzene ring substituents is 1. The van der Waals surface area contributed by atoms with Gasteiger partial charge in [-0.15, -0.1) is 0 Å². The lowest BCUT2D eigenvalue weighted by Crippen LogP contribution is -2.02. The number of nitrogens with zero attached hydrogens (tertiary/aromatic N) is 1. The fourth-order valence-electron chi connectivity index (χ4n) is 2.35. The van der Waals surface area contributed by atoms with Crippen molar-refractivity contribution >= 4 is 21.8 Å². The number of hydrogen-bond donors (Lipinski definition) is 2. The van der Waals surface area contributed by atoms with Crippen LogP contribution in [0.3, 0.4) is 0 Å². The van der Waals surface area contributed by atoms with Gasteiger partial charge >= 0.3 is 5.97 Å². The van der Waals surface area contributed by atoms with Crippen LogP contribution in [0.25, 0.3) is 0 Å². The minimum atomic E-state index is -4.70. The molecule has 2 aromatic carbocycles. The number of carbonyl (C=O) groups is 1. The van der Waals surface area contributed by atoms with Crippen LogP contribution in [0.4, 0.5) is 5.69 Å². The predicted molar refractivity (Wildman–Crippen MR) is 102 cm³/mol. The van der Waals surface area contributed by atoms with E-state index in [1.54, 1.807) is 12.1 Å². The quantitative estimate of drug-likeness (QED) is 0.350. The molecular weight excluding hydrogens is 416 g/mol. The average molecular weight is 432 g/mol. The first kappa shape index (κ1) is 22.5. The van der Waals surface area contributed by atoms with Gasteiger partial charge < -0.3 is 14.8 Å². The van der Waals surface area contributed by atoms with Crippen LogP contribution in [0.2, 0.25) is 0 Å². The molecule has 3 aromatic rings. The standard InChI is InChI=1S/C12H10N2O2.C7H6O6S/c15-14(16)12-3-1-10(2-4-12)9-11-5-7-13-8-6-11;8-6-2-1-4(14(11,12)13)3-5(6)7(9)10/h1-8H,9H2;1-3,8H,(H,9,10)(H,11,12,13). The number of aromatic amines is 1. The highest BCUT2D eigenvalue weighted by molar-refractivity contribution is 7.85. The van der Waals surface area contributed by atoms with Gasteiger partial charge in [-0.3, -0.25) is 10.1 Å². The van der Waals surface area contributed by atoms with E-state index < -0.39 is 32.3 Å². The molecule has 0 aliphatic rings. The molecule has 0 unspecified atom stereocenters. The minimum Gasteiger partial charge on any atom is -0.744 e. The Bertz CT molecular complexity index is 1150. The number of rotatable bonds is 5. The Kier molecular flexibility index (Phi) is 7.17. The van der Waals surface area contributed by atoms with E-state index >= 15 is 0 Å². The van der Waals surface area contributed by atoms with E-state index in [1.807, 2.05) is 24.5 Å². The third-order valence-electron chi connectivity index (χ3n) is 3.83. The highest BCUT2D eigenvalue weighted by atomic mass is 32.2. The fraction of sp³-hybridized carbons (Fsp3) is 0.0526. The summed E-state index contributed by atoms with van der Waals surface area (Å²) in [5.74, 6) is -2.10. The summed E-state index contributed by atoms with van der Waals surface area (Å²) in [4.78, 5) is 22.8. The number of carboxylic acids is 1. The van der Waals surface area contributed by atoms with Crippen molar-refractivity contribution in [1.82, 2.24) is 0 Å². The molecule has 30 heavy (non-hydrogen) atoms. The number of hydrogen-bond acceptors (Lipinski definition) is 7. The molecule has 0 bridgehead atoms. The van der Waals surface area contributed by atoms with Crippen molar-refractivity contribution in [2.24, 2.45) is 0 Å². The van der Waals surface area contributed by atoms with E-state index in [9.17, 15) is 27.9 Å². The van der Waals surface area contributed by atoms with Crippen LogP contribution in [0.15, 0.2) is 71.9 Å². The first-order valence-electron chi connectivity index (χ1n) is 8.28. The minimum absolute atomic E-state index is 0.130. The third-order valence-corrected chi connectivity index (χ3v) is 4.66. The van der Waals surface area contributed by atoms with Crippen LogP contribution in [-0.2, 0) is 16.5 Å². The largest absolute Gasteiger partial charge is 0.744 e. The van der Waals surface area contributed by atoms with Crippen molar-refractivity contribution in [3.05, 3.63) is 93.8 Å². The molecule has 0 aliphatic heterocycles. The summed E-state index contributed by atoms with van der Waals surface area (Å²) in [6.45, 7) is 0. The van der Waals surface area contributed by atoms with E-state index in [2.05, 4.69) is 4.98 Å². The second kappa shape index (κ2) is 9.58. The number of aromatic hydroxyl groups is 1. The highest BCUT2D eigenvalue weighted by Crippen LogP contribution is 2.20. The zero-order valence-corrected chi connectivity index (χ0v) is 16.1. The molecule has 1 heterocycles. The lowest BCUT2D eigenvalue weighted by molar-refractivity contribution is -0.384. The fourth-order valence-corrected chi connectivity index (χ4v) is 2.85. The Hall–Kier alpha value is -3.83. The van der Waals surface area contributed by atoms with E-state index in [1.165, 1.54) is 17.7 Å². The lowest BCUT2D eigenvalue weighted by Gasteiger charge is -2.08. The predicted octanol–water partition coefficient (Wildman–Crippen LogP) is 1.99. The summed E-state index contributed by atoms with van der Waals surface area (Å²) in [5, 5.41) is 28.0. The summed E-state index contributed by atoms with van der Waals surface area (Å²) in [7, 11) is -4.70. The number of H-pyrrole nitrogens is 1. The number of nitro groups is 1. The number of carboxylic acid groups (broad SMARTS) is 1. The average Bonchev–Trinajstić information content (AvgIpc) is 2.69. The maximum absolute atomic E-state index is 10.5. The number of non-ortho nitro benzene ring substituents is 1. The van der Waals surface area contributed by atoms with Gasteiger partial charge in [0, 0.05) is 24.3 Å². The van der Waals surface area contributed by atoms with Gasteiger partial charge in [0.05, 0.1) is 9.82 Å². The molecule has 0 atom stereocenters. The SMILES string of the molecule is O=C(O)c1cc(S(=O)(=O)[O-])ccc1O.O=[N+]([O-])c1ccc(Cc2cc[nH+]cc2)cc1. The summed E-state index contributed by atoms with van der Waals surface area (Å²) in [5.41, 5.74) is 1.75. The molecule has 3 N–H and O–H groups in total. The maximum atomic E-state index is 10.5. The molecule has 1 aromatic heterocycles. The molecule has 3 rings (SSSR count). The molecule has 0 saturated heterocycles. The van der Waals surface area contributed by atoms with Crippen LogP contribution >= 0.6 is 0 Å². The molecule has 10 nitrogen and oxygen atoms in total. The van der Waals surface area contributed by atoms with E-state index in [0.717, 1.165) is 24.1 Å².